The maximum absolute atomic E-state index is 8.81. The first-order valence-corrected chi connectivity index (χ1v) is 5.85. The molecule has 0 amide bonds. The van der Waals surface area contributed by atoms with Crippen molar-refractivity contribution in [1.29, 1.82) is 0 Å². The van der Waals surface area contributed by atoms with Crippen molar-refractivity contribution in [1.82, 2.24) is 0 Å². The van der Waals surface area contributed by atoms with Crippen molar-refractivity contribution in [3.05, 3.63) is 0 Å². The summed E-state index contributed by atoms with van der Waals surface area (Å²) in [4.78, 5) is 17.6. The molecule has 0 bridgehead atoms. The van der Waals surface area contributed by atoms with Gasteiger partial charge in [-0.25, -0.2) is 0 Å². The normalized spacial score (nSPS) is 12.0. The molecule has 0 atom stereocenters. The first kappa shape index (κ1) is 8.49. The molecule has 0 fully saturated rings. The van der Waals surface area contributed by atoms with Gasteiger partial charge in [0, 0.05) is 0 Å². The van der Waals surface area contributed by atoms with E-state index in [1.54, 1.807) is 0 Å². The molecule has 0 aromatic rings. The molecule has 0 heterocycles. The molecule has 0 aliphatic rings. The van der Waals surface area contributed by atoms with Crippen LogP contribution >= 0.6 is 12.6 Å². The van der Waals surface area contributed by atoms with Crippen molar-refractivity contribution in [3.63, 3.8) is 0 Å². The third-order valence-electron chi connectivity index (χ3n) is 0.808. The molecule has 0 aromatic carbocycles. The van der Waals surface area contributed by atoms with Crippen molar-refractivity contribution in [2.45, 2.75) is 19.0 Å². The Morgan fingerprint density at radius 1 is 1.50 bits per heavy atom. The number of thiol groups is 1. The van der Waals surface area contributed by atoms with Crippen molar-refractivity contribution in [2.24, 2.45) is 0 Å². The predicted molar refractivity (Wildman–Crippen MR) is 39.3 cm³/mol. The fourth-order valence-electron chi connectivity index (χ4n) is 0.414. The predicted octanol–water partition coefficient (Wildman–Crippen LogP) is 0.363. The van der Waals surface area contributed by atoms with Crippen molar-refractivity contribution < 1.29 is 9.59 Å². The summed E-state index contributed by atoms with van der Waals surface area (Å²) in [6, 6.07) is 0.538. The van der Waals surface area contributed by atoms with E-state index in [1.165, 1.54) is 6.55 Å². The first-order valence-electron chi connectivity index (χ1n) is 2.62. The number of rotatable bonds is 3. The van der Waals surface area contributed by atoms with E-state index in [-0.39, 0.29) is 0 Å². The maximum atomic E-state index is 8.81. The quantitative estimate of drug-likeness (QED) is 0.404. The third-order valence-corrected chi connectivity index (χ3v) is 2.43. The second kappa shape index (κ2) is 3.50. The highest BCUT2D eigenvalue weighted by molar-refractivity contribution is 7.80. The molecule has 0 rings (SSSR count). The van der Waals surface area contributed by atoms with Crippen molar-refractivity contribution >= 4 is 21.2 Å². The third kappa shape index (κ3) is 6.49. The summed E-state index contributed by atoms with van der Waals surface area (Å²) in [6.45, 7) is 1.51. The standard InChI is InChI=1S/C4H12O2SSi/c1-8(5,6)4-2-3-7/h5-7H,2-4H2,1H3. The summed E-state index contributed by atoms with van der Waals surface area (Å²) >= 11 is 3.93. The largest absolute Gasteiger partial charge is 0.411 e. The fourth-order valence-corrected chi connectivity index (χ4v) is 1.72. The van der Waals surface area contributed by atoms with Gasteiger partial charge in [0.25, 0.3) is 0 Å². The summed E-state index contributed by atoms with van der Waals surface area (Å²) < 4.78 is 0. The molecule has 4 heteroatoms. The molecule has 2 N–H and O–H groups in total. The molecule has 0 radical (unpaired) electrons. The molecule has 8 heavy (non-hydrogen) atoms. The van der Waals surface area contributed by atoms with Crippen LogP contribution in [0.2, 0.25) is 12.6 Å². The van der Waals surface area contributed by atoms with Crippen LogP contribution in [-0.2, 0) is 0 Å². The van der Waals surface area contributed by atoms with E-state index in [0.717, 1.165) is 12.2 Å². The van der Waals surface area contributed by atoms with Gasteiger partial charge in [-0.05, 0) is 24.8 Å². The monoisotopic (exact) mass is 152 g/mol. The van der Waals surface area contributed by atoms with E-state index < -0.39 is 8.56 Å². The molecule has 0 spiro atoms. The van der Waals surface area contributed by atoms with Crippen LogP contribution in [0.5, 0.6) is 0 Å². The van der Waals surface area contributed by atoms with Gasteiger partial charge in [-0.1, -0.05) is 0 Å². The van der Waals surface area contributed by atoms with Crippen molar-refractivity contribution in [3.8, 4) is 0 Å². The average molecular weight is 152 g/mol. The summed E-state index contributed by atoms with van der Waals surface area (Å²) in [5, 5.41) is 0. The van der Waals surface area contributed by atoms with E-state index in [0.29, 0.717) is 6.04 Å². The van der Waals surface area contributed by atoms with Gasteiger partial charge in [0.1, 0.15) is 0 Å². The average Bonchev–Trinajstić information content (AvgIpc) is 1.59. The lowest BCUT2D eigenvalue weighted by atomic mass is 10.6. The Balaban J connectivity index is 3.11. The van der Waals surface area contributed by atoms with Crippen LogP contribution in [0.3, 0.4) is 0 Å². The highest BCUT2D eigenvalue weighted by Gasteiger charge is 2.19. The summed E-state index contributed by atoms with van der Waals surface area (Å²) in [5.74, 6) is 0.740. The van der Waals surface area contributed by atoms with Crippen LogP contribution in [0.1, 0.15) is 6.42 Å². The fraction of sp³-hybridized carbons (Fsp3) is 1.00. The molecule has 0 saturated heterocycles. The Kier molecular flexibility index (Phi) is 3.71. The van der Waals surface area contributed by atoms with Gasteiger partial charge in [0.15, 0.2) is 0 Å². The lowest BCUT2D eigenvalue weighted by Crippen LogP contribution is -2.29. The Labute approximate surface area is 56.2 Å². The minimum atomic E-state index is -2.73. The molecular weight excluding hydrogens is 140 g/mol. The lowest BCUT2D eigenvalue weighted by molar-refractivity contribution is 0.369. The number of hydrogen-bond acceptors (Lipinski definition) is 3. The van der Waals surface area contributed by atoms with E-state index in [4.69, 9.17) is 9.59 Å². The van der Waals surface area contributed by atoms with Crippen LogP contribution in [-0.4, -0.2) is 23.9 Å². The molecule has 2 nitrogen and oxygen atoms in total. The second-order valence-corrected chi connectivity index (χ2v) is 5.43. The number of hydrogen-bond donors (Lipinski definition) is 3. The van der Waals surface area contributed by atoms with Crippen LogP contribution in [0.4, 0.5) is 0 Å². The SMILES string of the molecule is C[Si](O)(O)CCCS. The minimum absolute atomic E-state index is 0.538. The zero-order valence-electron chi connectivity index (χ0n) is 4.96. The maximum Gasteiger partial charge on any atom is 0.329 e. The molecular formula is C4H12O2SSi. The van der Waals surface area contributed by atoms with Gasteiger partial charge in [0.05, 0.1) is 0 Å². The topological polar surface area (TPSA) is 40.5 Å². The van der Waals surface area contributed by atoms with Crippen molar-refractivity contribution in [2.75, 3.05) is 5.75 Å². The van der Waals surface area contributed by atoms with Crippen LogP contribution < -0.4 is 0 Å². The van der Waals surface area contributed by atoms with E-state index in [2.05, 4.69) is 12.6 Å². The molecule has 0 aliphatic heterocycles. The van der Waals surface area contributed by atoms with E-state index in [1.807, 2.05) is 0 Å². The lowest BCUT2D eigenvalue weighted by Gasteiger charge is -2.08. The minimum Gasteiger partial charge on any atom is -0.411 e. The van der Waals surface area contributed by atoms with E-state index >= 15 is 0 Å². The van der Waals surface area contributed by atoms with Gasteiger partial charge in [-0.2, -0.15) is 12.6 Å². The van der Waals surface area contributed by atoms with Crippen LogP contribution in [0.25, 0.3) is 0 Å². The van der Waals surface area contributed by atoms with Gasteiger partial charge < -0.3 is 9.59 Å². The van der Waals surface area contributed by atoms with Gasteiger partial charge in [0.2, 0.25) is 0 Å². The smallest absolute Gasteiger partial charge is 0.329 e. The zero-order valence-corrected chi connectivity index (χ0v) is 6.86. The molecule has 0 aliphatic carbocycles. The summed E-state index contributed by atoms with van der Waals surface area (Å²) in [6.07, 6.45) is 0.804. The van der Waals surface area contributed by atoms with Crippen LogP contribution in [0, 0.1) is 0 Å². The Bertz CT molecular complexity index is 61.5. The Morgan fingerprint density at radius 2 is 2.00 bits per heavy atom. The Hall–Kier alpha value is 0.487. The van der Waals surface area contributed by atoms with Gasteiger partial charge in [-0.15, -0.1) is 0 Å². The Morgan fingerprint density at radius 3 is 2.12 bits per heavy atom. The van der Waals surface area contributed by atoms with Gasteiger partial charge >= 0.3 is 8.56 Å². The molecule has 0 unspecified atom stereocenters. The molecule has 0 aromatic heterocycles. The molecule has 50 valence electrons. The highest BCUT2D eigenvalue weighted by Crippen LogP contribution is 2.04. The van der Waals surface area contributed by atoms with E-state index in [9.17, 15) is 0 Å². The zero-order chi connectivity index (χ0) is 6.62. The van der Waals surface area contributed by atoms with Gasteiger partial charge in [-0.3, -0.25) is 0 Å². The second-order valence-electron chi connectivity index (χ2n) is 2.04. The summed E-state index contributed by atoms with van der Waals surface area (Å²) in [7, 11) is -2.73. The highest BCUT2D eigenvalue weighted by atomic mass is 32.1. The van der Waals surface area contributed by atoms with Crippen LogP contribution in [0.15, 0.2) is 0 Å². The first-order chi connectivity index (χ1) is 3.56. The molecule has 0 saturated carbocycles. The summed E-state index contributed by atoms with van der Waals surface area (Å²) in [5.41, 5.74) is 0.